The summed E-state index contributed by atoms with van der Waals surface area (Å²) in [5.74, 6) is 0.216. The number of aliphatic carboxylic acids is 1. The second kappa shape index (κ2) is 5.29. The van der Waals surface area contributed by atoms with Crippen molar-refractivity contribution >= 4 is 11.9 Å². The van der Waals surface area contributed by atoms with Crippen molar-refractivity contribution in [2.75, 3.05) is 13.1 Å². The molecule has 102 valence electrons. The predicted octanol–water partition coefficient (Wildman–Crippen LogP) is 1.99. The summed E-state index contributed by atoms with van der Waals surface area (Å²) in [6, 6.07) is 0. The standard InChI is InChI=1S/C14H23NO3/c1-9-5-10(2)8-15(7-9)13(16)11-3-4-12(6-11)14(17)18/h9-12H,3-8H2,1-2H3,(H,17,18). The summed E-state index contributed by atoms with van der Waals surface area (Å²) in [4.78, 5) is 25.3. The molecule has 4 atom stereocenters. The number of hydrogen-bond donors (Lipinski definition) is 1. The predicted molar refractivity (Wildman–Crippen MR) is 68.0 cm³/mol. The van der Waals surface area contributed by atoms with E-state index in [0.717, 1.165) is 19.5 Å². The first-order chi connectivity index (χ1) is 8.47. The smallest absolute Gasteiger partial charge is 0.306 e. The molecule has 0 aromatic heterocycles. The van der Waals surface area contributed by atoms with Crippen LogP contribution in [0.3, 0.4) is 0 Å². The SMILES string of the molecule is CC1CC(C)CN(C(=O)C2CCC(C(=O)O)C2)C1. The minimum Gasteiger partial charge on any atom is -0.481 e. The number of piperidine rings is 1. The van der Waals surface area contributed by atoms with Crippen molar-refractivity contribution in [1.82, 2.24) is 4.90 Å². The van der Waals surface area contributed by atoms with Gasteiger partial charge in [0.25, 0.3) is 0 Å². The Morgan fingerprint density at radius 3 is 2.06 bits per heavy atom. The summed E-state index contributed by atoms with van der Waals surface area (Å²) in [6.07, 6.45) is 3.12. The molecule has 4 nitrogen and oxygen atoms in total. The maximum Gasteiger partial charge on any atom is 0.306 e. The third-order valence-corrected chi connectivity index (χ3v) is 4.31. The molecule has 2 fully saturated rings. The number of carbonyl (C=O) groups excluding carboxylic acids is 1. The Labute approximate surface area is 108 Å². The number of amides is 1. The Kier molecular flexibility index (Phi) is 3.93. The molecule has 1 saturated carbocycles. The fourth-order valence-electron chi connectivity index (χ4n) is 3.53. The molecule has 1 aliphatic carbocycles. The molecule has 1 amide bonds. The molecule has 0 radical (unpaired) electrons. The van der Waals surface area contributed by atoms with Crippen LogP contribution in [0.2, 0.25) is 0 Å². The number of carboxylic acid groups (broad SMARTS) is 1. The lowest BCUT2D eigenvalue weighted by Gasteiger charge is -2.36. The third-order valence-electron chi connectivity index (χ3n) is 4.31. The molecular formula is C14H23NO3. The van der Waals surface area contributed by atoms with Crippen LogP contribution in [0.4, 0.5) is 0 Å². The molecule has 4 unspecified atom stereocenters. The summed E-state index contributed by atoms with van der Waals surface area (Å²) in [7, 11) is 0. The van der Waals surface area contributed by atoms with Crippen LogP contribution in [0, 0.1) is 23.7 Å². The summed E-state index contributed by atoms with van der Waals surface area (Å²) < 4.78 is 0. The molecule has 2 rings (SSSR count). The first kappa shape index (κ1) is 13.4. The number of carboxylic acids is 1. The Morgan fingerprint density at radius 1 is 1.00 bits per heavy atom. The molecule has 1 heterocycles. The molecule has 0 bridgehead atoms. The molecule has 0 aromatic rings. The van der Waals surface area contributed by atoms with Crippen molar-refractivity contribution in [3.05, 3.63) is 0 Å². The van der Waals surface area contributed by atoms with Crippen LogP contribution >= 0.6 is 0 Å². The maximum atomic E-state index is 12.4. The highest BCUT2D eigenvalue weighted by atomic mass is 16.4. The maximum absolute atomic E-state index is 12.4. The van der Waals surface area contributed by atoms with E-state index in [1.165, 1.54) is 6.42 Å². The van der Waals surface area contributed by atoms with Gasteiger partial charge in [0.2, 0.25) is 5.91 Å². The Morgan fingerprint density at radius 2 is 1.56 bits per heavy atom. The van der Waals surface area contributed by atoms with Crippen LogP contribution in [0.25, 0.3) is 0 Å². The van der Waals surface area contributed by atoms with Crippen LogP contribution in [-0.2, 0) is 9.59 Å². The van der Waals surface area contributed by atoms with Crippen LogP contribution in [0.1, 0.15) is 39.5 Å². The number of nitrogens with zero attached hydrogens (tertiary/aromatic N) is 1. The zero-order valence-electron chi connectivity index (χ0n) is 11.3. The van der Waals surface area contributed by atoms with Crippen LogP contribution < -0.4 is 0 Å². The fourth-order valence-corrected chi connectivity index (χ4v) is 3.53. The number of likely N-dealkylation sites (tertiary alicyclic amines) is 1. The van der Waals surface area contributed by atoms with Crippen molar-refractivity contribution in [2.24, 2.45) is 23.7 Å². The van der Waals surface area contributed by atoms with Crippen molar-refractivity contribution in [3.63, 3.8) is 0 Å². The van der Waals surface area contributed by atoms with E-state index in [1.54, 1.807) is 0 Å². The Balaban J connectivity index is 1.93. The van der Waals surface area contributed by atoms with E-state index in [0.29, 0.717) is 24.7 Å². The molecule has 4 heteroatoms. The van der Waals surface area contributed by atoms with Crippen molar-refractivity contribution in [1.29, 1.82) is 0 Å². The van der Waals surface area contributed by atoms with Gasteiger partial charge >= 0.3 is 5.97 Å². The molecule has 1 aliphatic heterocycles. The van der Waals surface area contributed by atoms with Crippen LogP contribution in [0.5, 0.6) is 0 Å². The highest BCUT2D eigenvalue weighted by molar-refractivity contribution is 5.81. The topological polar surface area (TPSA) is 57.6 Å². The summed E-state index contributed by atoms with van der Waals surface area (Å²) in [5.41, 5.74) is 0. The molecule has 0 aromatic carbocycles. The lowest BCUT2D eigenvalue weighted by Crippen LogP contribution is -2.45. The molecule has 18 heavy (non-hydrogen) atoms. The van der Waals surface area contributed by atoms with Gasteiger partial charge in [-0.3, -0.25) is 9.59 Å². The number of hydrogen-bond acceptors (Lipinski definition) is 2. The van der Waals surface area contributed by atoms with Gasteiger partial charge < -0.3 is 10.0 Å². The normalized spacial score (nSPS) is 36.7. The molecule has 1 saturated heterocycles. The second-order valence-corrected chi connectivity index (χ2v) is 6.23. The van der Waals surface area contributed by atoms with Gasteiger partial charge in [-0.1, -0.05) is 13.8 Å². The van der Waals surface area contributed by atoms with Gasteiger partial charge in [-0.25, -0.2) is 0 Å². The van der Waals surface area contributed by atoms with Gasteiger partial charge in [-0.2, -0.15) is 0 Å². The minimum absolute atomic E-state index is 0.0522. The zero-order valence-corrected chi connectivity index (χ0v) is 11.3. The van der Waals surface area contributed by atoms with E-state index in [-0.39, 0.29) is 17.7 Å². The van der Waals surface area contributed by atoms with E-state index in [9.17, 15) is 9.59 Å². The summed E-state index contributed by atoms with van der Waals surface area (Å²) in [6.45, 7) is 6.06. The monoisotopic (exact) mass is 253 g/mol. The van der Waals surface area contributed by atoms with Gasteiger partial charge in [0, 0.05) is 19.0 Å². The minimum atomic E-state index is -0.745. The summed E-state index contributed by atoms with van der Waals surface area (Å²) in [5, 5.41) is 8.98. The second-order valence-electron chi connectivity index (χ2n) is 6.23. The largest absolute Gasteiger partial charge is 0.481 e. The van der Waals surface area contributed by atoms with Gasteiger partial charge in [-0.15, -0.1) is 0 Å². The number of carbonyl (C=O) groups is 2. The first-order valence-electron chi connectivity index (χ1n) is 6.99. The Bertz CT molecular complexity index is 332. The zero-order chi connectivity index (χ0) is 13.3. The van der Waals surface area contributed by atoms with Gasteiger partial charge in [0.05, 0.1) is 5.92 Å². The van der Waals surface area contributed by atoms with E-state index < -0.39 is 5.97 Å². The van der Waals surface area contributed by atoms with Crippen molar-refractivity contribution in [3.8, 4) is 0 Å². The van der Waals surface area contributed by atoms with E-state index in [4.69, 9.17) is 5.11 Å². The van der Waals surface area contributed by atoms with E-state index in [1.807, 2.05) is 4.90 Å². The van der Waals surface area contributed by atoms with Gasteiger partial charge in [0.1, 0.15) is 0 Å². The lowest BCUT2D eigenvalue weighted by molar-refractivity contribution is -0.142. The van der Waals surface area contributed by atoms with Gasteiger partial charge in [-0.05, 0) is 37.5 Å². The van der Waals surface area contributed by atoms with Crippen molar-refractivity contribution < 1.29 is 14.7 Å². The van der Waals surface area contributed by atoms with E-state index in [2.05, 4.69) is 13.8 Å². The fraction of sp³-hybridized carbons (Fsp3) is 0.857. The van der Waals surface area contributed by atoms with Crippen LogP contribution in [-0.4, -0.2) is 35.0 Å². The average molecular weight is 253 g/mol. The average Bonchev–Trinajstić information content (AvgIpc) is 2.75. The quantitative estimate of drug-likeness (QED) is 0.818. The lowest BCUT2D eigenvalue weighted by atomic mass is 9.90. The Hall–Kier alpha value is -1.06. The summed E-state index contributed by atoms with van der Waals surface area (Å²) >= 11 is 0. The molecular weight excluding hydrogens is 230 g/mol. The highest BCUT2D eigenvalue weighted by Gasteiger charge is 2.37. The molecule has 0 spiro atoms. The van der Waals surface area contributed by atoms with E-state index >= 15 is 0 Å². The van der Waals surface area contributed by atoms with Crippen LogP contribution in [0.15, 0.2) is 0 Å². The molecule has 1 N–H and O–H groups in total. The first-order valence-corrected chi connectivity index (χ1v) is 6.99. The molecule has 2 aliphatic rings. The number of rotatable bonds is 2. The highest BCUT2D eigenvalue weighted by Crippen LogP contribution is 2.33. The van der Waals surface area contributed by atoms with Gasteiger partial charge in [0.15, 0.2) is 0 Å². The third kappa shape index (κ3) is 2.85. The van der Waals surface area contributed by atoms with Crippen molar-refractivity contribution in [2.45, 2.75) is 39.5 Å².